The van der Waals surface area contributed by atoms with Crippen molar-refractivity contribution in [1.82, 2.24) is 5.43 Å². The number of fused-ring (bicyclic) bond motifs is 1. The Labute approximate surface area is 181 Å². The summed E-state index contributed by atoms with van der Waals surface area (Å²) in [5, 5.41) is 14.6. The molecule has 3 aromatic carbocycles. The summed E-state index contributed by atoms with van der Waals surface area (Å²) in [6.07, 6.45) is 1.32. The first-order valence-corrected chi connectivity index (χ1v) is 9.30. The highest BCUT2D eigenvalue weighted by Gasteiger charge is 2.18. The van der Waals surface area contributed by atoms with Gasteiger partial charge >= 0.3 is 5.97 Å². The summed E-state index contributed by atoms with van der Waals surface area (Å²) in [4.78, 5) is 34.8. The fourth-order valence-electron chi connectivity index (χ4n) is 2.82. The largest absolute Gasteiger partial charge is 0.454 e. The zero-order valence-corrected chi connectivity index (χ0v) is 16.4. The van der Waals surface area contributed by atoms with Crippen LogP contribution in [0.1, 0.15) is 26.3 Å². The molecule has 1 amide bonds. The van der Waals surface area contributed by atoms with Gasteiger partial charge in [-0.25, -0.2) is 10.2 Å². The molecule has 0 radical (unpaired) electrons. The minimum Gasteiger partial charge on any atom is -0.454 e. The molecule has 1 aliphatic rings. The van der Waals surface area contributed by atoms with Gasteiger partial charge in [-0.3, -0.25) is 14.9 Å². The lowest BCUT2D eigenvalue weighted by atomic mass is 10.2. The summed E-state index contributed by atoms with van der Waals surface area (Å²) in [6, 6.07) is 16.5. The number of ether oxygens (including phenoxy) is 3. The number of carbonyl (C=O) groups excluding carboxylic acids is 2. The second-order valence-electron chi connectivity index (χ2n) is 6.50. The number of nitrogens with zero attached hydrogens (tertiary/aromatic N) is 2. The molecule has 0 atom stereocenters. The lowest BCUT2D eigenvalue weighted by Gasteiger charge is -2.08. The molecule has 1 N–H and O–H groups in total. The van der Waals surface area contributed by atoms with Crippen LogP contribution < -0.4 is 19.6 Å². The summed E-state index contributed by atoms with van der Waals surface area (Å²) in [5.74, 6) is 0.106. The zero-order valence-electron chi connectivity index (χ0n) is 16.4. The second-order valence-corrected chi connectivity index (χ2v) is 6.50. The quantitative estimate of drug-likeness (QED) is 0.208. The number of rotatable bonds is 6. The summed E-state index contributed by atoms with van der Waals surface area (Å²) >= 11 is 0. The average molecular weight is 433 g/mol. The lowest BCUT2D eigenvalue weighted by Crippen LogP contribution is -2.17. The van der Waals surface area contributed by atoms with Crippen molar-refractivity contribution in [2.75, 3.05) is 6.79 Å². The van der Waals surface area contributed by atoms with Crippen LogP contribution >= 0.6 is 0 Å². The fraction of sp³-hybridized carbons (Fsp3) is 0.0455. The summed E-state index contributed by atoms with van der Waals surface area (Å²) in [5.41, 5.74) is 3.14. The van der Waals surface area contributed by atoms with Gasteiger partial charge in [0.05, 0.1) is 16.7 Å². The summed E-state index contributed by atoms with van der Waals surface area (Å²) in [6.45, 7) is 0.0960. The average Bonchev–Trinajstić information content (AvgIpc) is 3.28. The molecule has 0 aromatic heterocycles. The first-order chi connectivity index (χ1) is 15.5. The van der Waals surface area contributed by atoms with Gasteiger partial charge in [0.25, 0.3) is 11.6 Å². The summed E-state index contributed by atoms with van der Waals surface area (Å²) < 4.78 is 16.0. The van der Waals surface area contributed by atoms with Gasteiger partial charge in [-0.15, -0.1) is 0 Å². The zero-order chi connectivity index (χ0) is 22.5. The molecule has 10 heteroatoms. The Hall–Kier alpha value is -4.73. The summed E-state index contributed by atoms with van der Waals surface area (Å²) in [7, 11) is 0. The maximum absolute atomic E-state index is 12.5. The van der Waals surface area contributed by atoms with Gasteiger partial charge < -0.3 is 14.2 Å². The number of nitro benzene ring substituents is 1. The van der Waals surface area contributed by atoms with Gasteiger partial charge in [0.2, 0.25) is 6.79 Å². The van der Waals surface area contributed by atoms with Crippen LogP contribution in [-0.2, 0) is 0 Å². The molecule has 1 heterocycles. The van der Waals surface area contributed by atoms with E-state index in [2.05, 4.69) is 10.5 Å². The molecule has 0 unspecified atom stereocenters. The number of nitro groups is 1. The Balaban J connectivity index is 1.42. The molecule has 1 aliphatic heterocycles. The van der Waals surface area contributed by atoms with Crippen LogP contribution in [-0.4, -0.2) is 29.8 Å². The molecule has 0 bridgehead atoms. The highest BCUT2D eigenvalue weighted by molar-refractivity contribution is 5.96. The van der Waals surface area contributed by atoms with Gasteiger partial charge in [0.15, 0.2) is 11.5 Å². The highest BCUT2D eigenvalue weighted by atomic mass is 16.7. The standard InChI is InChI=1S/C22H15N3O7/c26-21(14-5-8-17(9-6-14)25(28)29)24-23-12-16-3-1-2-4-18(16)32-22(27)15-7-10-19-20(11-15)31-13-30-19/h1-12H,13H2,(H,24,26). The normalized spacial score (nSPS) is 11.9. The Bertz CT molecular complexity index is 1220. The molecule has 0 spiro atoms. The number of benzene rings is 3. The van der Waals surface area contributed by atoms with E-state index in [4.69, 9.17) is 14.2 Å². The maximum atomic E-state index is 12.5. The van der Waals surface area contributed by atoms with E-state index >= 15 is 0 Å². The SMILES string of the molecule is O=C(NN=Cc1ccccc1OC(=O)c1ccc2c(c1)OCO2)c1ccc([N+](=O)[O-])cc1. The van der Waals surface area contributed by atoms with Gasteiger partial charge in [-0.05, 0) is 42.5 Å². The van der Waals surface area contributed by atoms with E-state index in [9.17, 15) is 19.7 Å². The Kier molecular flexibility index (Phi) is 5.75. The van der Waals surface area contributed by atoms with Gasteiger partial charge in [0.1, 0.15) is 5.75 Å². The molecule has 0 saturated carbocycles. The third-order valence-corrected chi connectivity index (χ3v) is 4.44. The van der Waals surface area contributed by atoms with E-state index in [0.29, 0.717) is 17.1 Å². The molecular formula is C22H15N3O7. The van der Waals surface area contributed by atoms with Crippen molar-refractivity contribution in [2.45, 2.75) is 0 Å². The molecule has 0 saturated heterocycles. The number of para-hydroxylation sites is 1. The number of carbonyl (C=O) groups is 2. The van der Waals surface area contributed by atoms with Crippen LogP contribution in [0.3, 0.4) is 0 Å². The predicted molar refractivity (Wildman–Crippen MR) is 112 cm³/mol. The van der Waals surface area contributed by atoms with E-state index in [1.54, 1.807) is 36.4 Å². The van der Waals surface area contributed by atoms with Crippen LogP contribution in [0.15, 0.2) is 71.8 Å². The first kappa shape index (κ1) is 20.5. The van der Waals surface area contributed by atoms with Crippen molar-refractivity contribution in [3.8, 4) is 17.2 Å². The molecule has 0 aliphatic carbocycles. The van der Waals surface area contributed by atoms with E-state index in [0.717, 1.165) is 0 Å². The van der Waals surface area contributed by atoms with Gasteiger partial charge in [-0.1, -0.05) is 12.1 Å². The number of hydrazone groups is 1. The molecular weight excluding hydrogens is 418 g/mol. The molecule has 4 rings (SSSR count). The van der Waals surface area contributed by atoms with Crippen LogP contribution in [0.25, 0.3) is 0 Å². The van der Waals surface area contributed by atoms with Crippen molar-refractivity contribution in [3.63, 3.8) is 0 Å². The highest BCUT2D eigenvalue weighted by Crippen LogP contribution is 2.32. The molecule has 3 aromatic rings. The van der Waals surface area contributed by atoms with Crippen LogP contribution in [0.4, 0.5) is 5.69 Å². The van der Waals surface area contributed by atoms with E-state index in [-0.39, 0.29) is 29.4 Å². The van der Waals surface area contributed by atoms with Crippen molar-refractivity contribution < 1.29 is 28.7 Å². The second kappa shape index (κ2) is 8.96. The minimum absolute atomic E-state index is 0.0960. The fourth-order valence-corrected chi connectivity index (χ4v) is 2.82. The Morgan fingerprint density at radius 2 is 1.72 bits per heavy atom. The first-order valence-electron chi connectivity index (χ1n) is 9.30. The number of esters is 1. The number of nitrogens with one attached hydrogen (secondary N) is 1. The topological polar surface area (TPSA) is 129 Å². The minimum atomic E-state index is -0.598. The number of amides is 1. The number of non-ortho nitro benzene ring substituents is 1. The number of hydrogen-bond donors (Lipinski definition) is 1. The predicted octanol–water partition coefficient (Wildman–Crippen LogP) is 3.31. The third-order valence-electron chi connectivity index (χ3n) is 4.44. The smallest absolute Gasteiger partial charge is 0.343 e. The van der Waals surface area contributed by atoms with Crippen molar-refractivity contribution in [1.29, 1.82) is 0 Å². The van der Waals surface area contributed by atoms with Gasteiger partial charge in [0, 0.05) is 23.3 Å². The maximum Gasteiger partial charge on any atom is 0.343 e. The molecule has 32 heavy (non-hydrogen) atoms. The Morgan fingerprint density at radius 1 is 1.00 bits per heavy atom. The lowest BCUT2D eigenvalue weighted by molar-refractivity contribution is -0.384. The molecule has 10 nitrogen and oxygen atoms in total. The molecule has 0 fully saturated rings. The molecule has 160 valence electrons. The van der Waals surface area contributed by atoms with E-state index in [1.807, 2.05) is 0 Å². The van der Waals surface area contributed by atoms with Crippen molar-refractivity contribution in [3.05, 3.63) is 93.5 Å². The van der Waals surface area contributed by atoms with Crippen LogP contribution in [0.5, 0.6) is 17.2 Å². The van der Waals surface area contributed by atoms with E-state index < -0.39 is 16.8 Å². The van der Waals surface area contributed by atoms with Gasteiger partial charge in [-0.2, -0.15) is 5.10 Å². The Morgan fingerprint density at radius 3 is 2.50 bits per heavy atom. The monoisotopic (exact) mass is 433 g/mol. The van der Waals surface area contributed by atoms with Crippen LogP contribution in [0, 0.1) is 10.1 Å². The third kappa shape index (κ3) is 4.54. The van der Waals surface area contributed by atoms with Crippen molar-refractivity contribution >= 4 is 23.8 Å². The van der Waals surface area contributed by atoms with Crippen LogP contribution in [0.2, 0.25) is 0 Å². The number of hydrogen-bond acceptors (Lipinski definition) is 8. The van der Waals surface area contributed by atoms with E-state index in [1.165, 1.54) is 36.5 Å². The van der Waals surface area contributed by atoms with Crippen molar-refractivity contribution in [2.24, 2.45) is 5.10 Å².